The molecule has 0 spiro atoms. The van der Waals surface area contributed by atoms with Crippen molar-refractivity contribution in [1.82, 2.24) is 25.0 Å². The van der Waals surface area contributed by atoms with Crippen molar-refractivity contribution in [2.75, 3.05) is 13.6 Å². The van der Waals surface area contributed by atoms with Crippen molar-refractivity contribution >= 4 is 5.96 Å². The molecule has 0 unspecified atom stereocenters. The van der Waals surface area contributed by atoms with Gasteiger partial charge in [0.25, 0.3) is 0 Å². The van der Waals surface area contributed by atoms with Gasteiger partial charge in [-0.15, -0.1) is 0 Å². The van der Waals surface area contributed by atoms with Crippen LogP contribution in [0.3, 0.4) is 0 Å². The van der Waals surface area contributed by atoms with Crippen molar-refractivity contribution in [3.05, 3.63) is 52.0 Å². The first-order chi connectivity index (χ1) is 12.7. The lowest BCUT2D eigenvalue weighted by Gasteiger charge is -2.11. The fourth-order valence-corrected chi connectivity index (χ4v) is 3.08. The van der Waals surface area contributed by atoms with Crippen LogP contribution in [0.25, 0.3) is 0 Å². The lowest BCUT2D eigenvalue weighted by molar-refractivity contribution is 0.509. The Morgan fingerprint density at radius 1 is 1.35 bits per heavy atom. The van der Waals surface area contributed by atoms with Gasteiger partial charge in [0.2, 0.25) is 0 Å². The molecule has 0 amide bonds. The quantitative estimate of drug-likeness (QED) is 0.462. The molecule has 1 aliphatic rings. The maximum atomic E-state index is 13.2. The minimum atomic E-state index is -0.250. The van der Waals surface area contributed by atoms with Gasteiger partial charge in [-0.05, 0) is 37.0 Å². The molecule has 2 heterocycles. The summed E-state index contributed by atoms with van der Waals surface area (Å²) in [5, 5.41) is 10.8. The van der Waals surface area contributed by atoms with Gasteiger partial charge in [0.05, 0.1) is 0 Å². The molecule has 2 aromatic rings. The van der Waals surface area contributed by atoms with Crippen LogP contribution < -0.4 is 16.3 Å². The van der Waals surface area contributed by atoms with Crippen LogP contribution in [0.2, 0.25) is 0 Å². The number of guanidine groups is 1. The van der Waals surface area contributed by atoms with E-state index in [2.05, 4.69) is 20.7 Å². The van der Waals surface area contributed by atoms with Crippen molar-refractivity contribution in [2.24, 2.45) is 4.99 Å². The highest BCUT2D eigenvalue weighted by Crippen LogP contribution is 2.09. The van der Waals surface area contributed by atoms with Crippen molar-refractivity contribution in [3.8, 4) is 0 Å². The monoisotopic (exact) mass is 360 g/mol. The van der Waals surface area contributed by atoms with E-state index in [1.54, 1.807) is 22.4 Å². The fourth-order valence-electron chi connectivity index (χ4n) is 3.08. The number of aromatic nitrogens is 3. The number of fused-ring (bicyclic) bond motifs is 1. The van der Waals surface area contributed by atoms with E-state index in [4.69, 9.17) is 0 Å². The number of hydrogen-bond donors (Lipinski definition) is 2. The van der Waals surface area contributed by atoms with Crippen molar-refractivity contribution in [3.63, 3.8) is 0 Å². The van der Waals surface area contributed by atoms with E-state index in [-0.39, 0.29) is 11.5 Å². The average Bonchev–Trinajstić information content (AvgIpc) is 2.97. The molecule has 0 aliphatic carbocycles. The van der Waals surface area contributed by atoms with E-state index in [9.17, 15) is 9.18 Å². The number of aliphatic imine (C=N–C) groups is 1. The molecule has 2 N–H and O–H groups in total. The molecular formula is C18H25FN6O. The van der Waals surface area contributed by atoms with Crippen LogP contribution in [-0.2, 0) is 26.1 Å². The highest BCUT2D eigenvalue weighted by atomic mass is 19.1. The summed E-state index contributed by atoms with van der Waals surface area (Å²) in [5.41, 5.74) is 0.844. The molecule has 8 heteroatoms. The number of nitrogens with zero attached hydrogens (tertiary/aromatic N) is 4. The average molecular weight is 360 g/mol. The molecular weight excluding hydrogens is 335 g/mol. The molecule has 0 bridgehead atoms. The van der Waals surface area contributed by atoms with Crippen LogP contribution in [-0.4, -0.2) is 33.9 Å². The van der Waals surface area contributed by atoms with Gasteiger partial charge in [0, 0.05) is 39.6 Å². The summed E-state index contributed by atoms with van der Waals surface area (Å²) in [4.78, 5) is 16.4. The fraction of sp³-hybridized carbons (Fsp3) is 0.500. The first-order valence-electron chi connectivity index (χ1n) is 9.03. The Kier molecular flexibility index (Phi) is 6.04. The first-order valence-corrected chi connectivity index (χ1v) is 9.03. The number of halogens is 1. The summed E-state index contributed by atoms with van der Waals surface area (Å²) in [6.45, 7) is 2.51. The highest BCUT2D eigenvalue weighted by Gasteiger charge is 2.16. The molecule has 26 heavy (non-hydrogen) atoms. The second-order valence-corrected chi connectivity index (χ2v) is 6.37. The van der Waals surface area contributed by atoms with Crippen LogP contribution in [0.15, 0.2) is 34.1 Å². The van der Waals surface area contributed by atoms with E-state index >= 15 is 0 Å². The molecule has 0 atom stereocenters. The zero-order valence-corrected chi connectivity index (χ0v) is 15.0. The summed E-state index contributed by atoms with van der Waals surface area (Å²) < 4.78 is 16.5. The molecule has 1 aromatic carbocycles. The lowest BCUT2D eigenvalue weighted by atomic mass is 10.2. The zero-order chi connectivity index (χ0) is 18.4. The van der Waals surface area contributed by atoms with Crippen molar-refractivity contribution in [2.45, 2.75) is 45.3 Å². The summed E-state index contributed by atoms with van der Waals surface area (Å²) in [5.74, 6) is 1.30. The lowest BCUT2D eigenvalue weighted by Crippen LogP contribution is -2.38. The van der Waals surface area contributed by atoms with Gasteiger partial charge in [0.15, 0.2) is 5.96 Å². The maximum Gasteiger partial charge on any atom is 0.345 e. The minimum absolute atomic E-state index is 0.00619. The van der Waals surface area contributed by atoms with Crippen molar-refractivity contribution < 1.29 is 4.39 Å². The zero-order valence-electron chi connectivity index (χ0n) is 15.0. The van der Waals surface area contributed by atoms with Gasteiger partial charge in [-0.2, -0.15) is 5.10 Å². The molecule has 1 aromatic heterocycles. The Morgan fingerprint density at radius 2 is 2.23 bits per heavy atom. The third-order valence-electron chi connectivity index (χ3n) is 4.44. The van der Waals surface area contributed by atoms with E-state index in [1.165, 1.54) is 12.1 Å². The van der Waals surface area contributed by atoms with Gasteiger partial charge in [-0.1, -0.05) is 12.1 Å². The van der Waals surface area contributed by atoms with Crippen LogP contribution in [0.4, 0.5) is 4.39 Å². The summed E-state index contributed by atoms with van der Waals surface area (Å²) in [6.07, 6.45) is 3.80. The molecule has 3 rings (SSSR count). The van der Waals surface area contributed by atoms with Crippen LogP contribution in [0.1, 0.15) is 30.7 Å². The Bertz CT molecular complexity index is 825. The molecule has 0 fully saturated rings. The third-order valence-corrected chi connectivity index (χ3v) is 4.44. The van der Waals surface area contributed by atoms with Crippen LogP contribution in [0, 0.1) is 5.82 Å². The second-order valence-electron chi connectivity index (χ2n) is 6.37. The number of hydrogen-bond acceptors (Lipinski definition) is 3. The van der Waals surface area contributed by atoms with E-state index < -0.39 is 0 Å². The van der Waals surface area contributed by atoms with Gasteiger partial charge in [0.1, 0.15) is 11.6 Å². The Morgan fingerprint density at radius 3 is 3.00 bits per heavy atom. The minimum Gasteiger partial charge on any atom is -0.356 e. The van der Waals surface area contributed by atoms with Gasteiger partial charge in [-0.25, -0.2) is 13.9 Å². The van der Waals surface area contributed by atoms with Crippen LogP contribution >= 0.6 is 0 Å². The number of benzene rings is 1. The topological polar surface area (TPSA) is 76.2 Å². The standard InChI is InChI=1S/C18H25FN6O/c1-20-17(22-13-14-6-4-7-15(19)12-14)21-9-5-11-25-18(26)24-10-3-2-8-16(24)23-25/h4,6-7,12H,2-3,5,8-11,13H2,1H3,(H2,20,21,22). The summed E-state index contributed by atoms with van der Waals surface area (Å²) in [6, 6.07) is 6.46. The largest absolute Gasteiger partial charge is 0.356 e. The highest BCUT2D eigenvalue weighted by molar-refractivity contribution is 5.79. The number of rotatable bonds is 6. The predicted molar refractivity (Wildman–Crippen MR) is 98.6 cm³/mol. The summed E-state index contributed by atoms with van der Waals surface area (Å²) in [7, 11) is 1.69. The van der Waals surface area contributed by atoms with E-state index in [0.29, 0.717) is 25.6 Å². The smallest absolute Gasteiger partial charge is 0.345 e. The SMILES string of the molecule is CN=C(NCCCn1nc2n(c1=O)CCCC2)NCc1cccc(F)c1. The molecule has 7 nitrogen and oxygen atoms in total. The summed E-state index contributed by atoms with van der Waals surface area (Å²) >= 11 is 0. The Balaban J connectivity index is 1.43. The first kappa shape index (κ1) is 18.2. The van der Waals surface area contributed by atoms with Crippen LogP contribution in [0.5, 0.6) is 0 Å². The molecule has 0 saturated carbocycles. The Labute approximate surface area is 151 Å². The van der Waals surface area contributed by atoms with E-state index in [1.807, 2.05) is 6.07 Å². The molecule has 0 saturated heterocycles. The van der Waals surface area contributed by atoms with Gasteiger partial charge < -0.3 is 10.6 Å². The normalized spacial score (nSPS) is 14.2. The molecule has 0 radical (unpaired) electrons. The predicted octanol–water partition coefficient (Wildman–Crippen LogP) is 1.28. The van der Waals surface area contributed by atoms with Crippen molar-refractivity contribution in [1.29, 1.82) is 0 Å². The Hall–Kier alpha value is -2.64. The second kappa shape index (κ2) is 8.64. The van der Waals surface area contributed by atoms with Gasteiger partial charge >= 0.3 is 5.69 Å². The number of nitrogens with one attached hydrogen (secondary N) is 2. The third kappa shape index (κ3) is 4.50. The van der Waals surface area contributed by atoms with E-state index in [0.717, 1.165) is 43.6 Å². The molecule has 1 aliphatic heterocycles. The van der Waals surface area contributed by atoms with Gasteiger partial charge in [-0.3, -0.25) is 9.56 Å². The number of aryl methyl sites for hydroxylation is 2. The molecule has 140 valence electrons. The maximum absolute atomic E-state index is 13.2.